The zero-order valence-corrected chi connectivity index (χ0v) is 13.8. The zero-order valence-electron chi connectivity index (χ0n) is 13.0. The van der Waals surface area contributed by atoms with E-state index >= 15 is 0 Å². The van der Waals surface area contributed by atoms with Gasteiger partial charge in [0.1, 0.15) is 0 Å². The molecule has 8 heteroatoms. The van der Waals surface area contributed by atoms with Crippen molar-refractivity contribution in [3.63, 3.8) is 0 Å². The lowest BCUT2D eigenvalue weighted by atomic mass is 10.2. The van der Waals surface area contributed by atoms with Gasteiger partial charge in [-0.3, -0.25) is 10.1 Å². The van der Waals surface area contributed by atoms with Crippen LogP contribution >= 0.6 is 0 Å². The second-order valence-electron chi connectivity index (χ2n) is 5.92. The molecule has 0 spiro atoms. The normalized spacial score (nSPS) is 21.3. The number of aromatic nitrogens is 2. The van der Waals surface area contributed by atoms with Crippen LogP contribution in [-0.2, 0) is 16.4 Å². The number of guanidine groups is 1. The number of H-pyrrole nitrogens is 1. The molecule has 0 radical (unpaired) electrons. The number of aromatic amines is 1. The molecule has 1 saturated heterocycles. The second kappa shape index (κ2) is 5.67. The Morgan fingerprint density at radius 3 is 2.81 bits per heavy atom. The van der Waals surface area contributed by atoms with Crippen molar-refractivity contribution >= 4 is 15.8 Å². The van der Waals surface area contributed by atoms with Crippen LogP contribution in [0.2, 0.25) is 0 Å². The smallest absolute Gasteiger partial charge is 0.193 e. The highest BCUT2D eigenvalue weighted by Gasteiger charge is 2.40. The molecule has 2 N–H and O–H groups in total. The maximum absolute atomic E-state index is 12.0. The van der Waals surface area contributed by atoms with Gasteiger partial charge in [0.05, 0.1) is 16.7 Å². The third-order valence-corrected chi connectivity index (χ3v) is 6.46. The number of aliphatic imine (C=N–C) groups is 1. The predicted molar refractivity (Wildman–Crippen MR) is 83.0 cm³/mol. The van der Waals surface area contributed by atoms with Gasteiger partial charge >= 0.3 is 0 Å². The molecule has 118 valence electrons. The fraction of sp³-hybridized carbons (Fsp3) is 0.692. The van der Waals surface area contributed by atoms with E-state index < -0.39 is 14.6 Å². The van der Waals surface area contributed by atoms with Gasteiger partial charge in [0.25, 0.3) is 0 Å². The number of aryl methyl sites for hydroxylation is 1. The summed E-state index contributed by atoms with van der Waals surface area (Å²) in [5.41, 5.74) is 2.08. The first-order chi connectivity index (χ1) is 9.77. The monoisotopic (exact) mass is 313 g/mol. The van der Waals surface area contributed by atoms with Crippen LogP contribution in [0.4, 0.5) is 0 Å². The molecule has 0 saturated carbocycles. The van der Waals surface area contributed by atoms with E-state index in [1.165, 1.54) is 0 Å². The number of nitrogens with zero attached hydrogens (tertiary/aromatic N) is 3. The maximum Gasteiger partial charge on any atom is 0.193 e. The third kappa shape index (κ3) is 3.20. The summed E-state index contributed by atoms with van der Waals surface area (Å²) in [6.07, 6.45) is 1.78. The van der Waals surface area contributed by atoms with Crippen molar-refractivity contribution in [2.45, 2.75) is 32.1 Å². The summed E-state index contributed by atoms with van der Waals surface area (Å²) in [6.45, 7) is 7.02. The van der Waals surface area contributed by atoms with Crippen LogP contribution in [0.15, 0.2) is 11.2 Å². The van der Waals surface area contributed by atoms with Crippen molar-refractivity contribution in [2.75, 3.05) is 25.9 Å². The van der Waals surface area contributed by atoms with Crippen molar-refractivity contribution < 1.29 is 8.42 Å². The molecule has 0 bridgehead atoms. The molecule has 0 amide bonds. The van der Waals surface area contributed by atoms with E-state index in [-0.39, 0.29) is 5.75 Å². The predicted octanol–water partition coefficient (Wildman–Crippen LogP) is 0.303. The van der Waals surface area contributed by atoms with Crippen LogP contribution in [0.1, 0.15) is 25.1 Å². The highest BCUT2D eigenvalue weighted by atomic mass is 32.2. The Kier molecular flexibility index (Phi) is 4.27. The Morgan fingerprint density at radius 2 is 2.29 bits per heavy atom. The van der Waals surface area contributed by atoms with Gasteiger partial charge in [-0.1, -0.05) is 0 Å². The Labute approximate surface area is 125 Å². The fourth-order valence-electron chi connectivity index (χ4n) is 2.38. The van der Waals surface area contributed by atoms with Crippen LogP contribution in [-0.4, -0.2) is 60.1 Å². The van der Waals surface area contributed by atoms with Gasteiger partial charge in [0, 0.05) is 37.9 Å². The molecule has 2 heterocycles. The van der Waals surface area contributed by atoms with Crippen molar-refractivity contribution in [3.8, 4) is 0 Å². The van der Waals surface area contributed by atoms with E-state index in [1.807, 2.05) is 11.8 Å². The minimum atomic E-state index is -3.04. The van der Waals surface area contributed by atoms with Crippen molar-refractivity contribution in [1.82, 2.24) is 20.4 Å². The maximum atomic E-state index is 12.0. The molecule has 21 heavy (non-hydrogen) atoms. The average molecular weight is 313 g/mol. The van der Waals surface area contributed by atoms with Crippen molar-refractivity contribution in [2.24, 2.45) is 4.99 Å². The largest absolute Gasteiger partial charge is 0.352 e. The van der Waals surface area contributed by atoms with Crippen LogP contribution in [0, 0.1) is 6.92 Å². The minimum Gasteiger partial charge on any atom is -0.352 e. The molecule has 2 rings (SSSR count). The van der Waals surface area contributed by atoms with E-state index in [4.69, 9.17) is 0 Å². The lowest BCUT2D eigenvalue weighted by Gasteiger charge is -2.39. The SMILES string of the molecule is CN=C(NCc1cn[nH]c1C)N1CCS(=O)(=O)C(C)(C)C1. The zero-order chi connectivity index (χ0) is 15.7. The third-order valence-electron chi connectivity index (χ3n) is 3.93. The number of rotatable bonds is 2. The van der Waals surface area contributed by atoms with Gasteiger partial charge in [0.2, 0.25) is 0 Å². The summed E-state index contributed by atoms with van der Waals surface area (Å²) in [6, 6.07) is 0. The van der Waals surface area contributed by atoms with Gasteiger partial charge in [-0.2, -0.15) is 5.10 Å². The second-order valence-corrected chi connectivity index (χ2v) is 8.66. The summed E-state index contributed by atoms with van der Waals surface area (Å²) in [4.78, 5) is 6.26. The molecule has 0 aliphatic carbocycles. The highest BCUT2D eigenvalue weighted by Crippen LogP contribution is 2.23. The summed E-state index contributed by atoms with van der Waals surface area (Å²) in [7, 11) is -1.33. The Morgan fingerprint density at radius 1 is 1.57 bits per heavy atom. The quantitative estimate of drug-likeness (QED) is 0.605. The molecule has 0 unspecified atom stereocenters. The van der Waals surface area contributed by atoms with Crippen molar-refractivity contribution in [1.29, 1.82) is 0 Å². The van der Waals surface area contributed by atoms with Gasteiger partial charge in [-0.25, -0.2) is 8.42 Å². The first kappa shape index (κ1) is 15.8. The summed E-state index contributed by atoms with van der Waals surface area (Å²) in [5.74, 6) is 0.879. The fourth-order valence-corrected chi connectivity index (χ4v) is 3.75. The van der Waals surface area contributed by atoms with Crippen LogP contribution < -0.4 is 5.32 Å². The molecule has 0 aromatic carbocycles. The molecule has 0 atom stereocenters. The van der Waals surface area contributed by atoms with Gasteiger partial charge < -0.3 is 10.2 Å². The van der Waals surface area contributed by atoms with E-state index in [0.717, 1.165) is 17.2 Å². The number of nitrogens with one attached hydrogen (secondary N) is 2. The van der Waals surface area contributed by atoms with Crippen LogP contribution in [0.5, 0.6) is 0 Å². The Hall–Kier alpha value is -1.57. The van der Waals surface area contributed by atoms with Gasteiger partial charge in [-0.15, -0.1) is 0 Å². The van der Waals surface area contributed by atoms with Gasteiger partial charge in [0.15, 0.2) is 15.8 Å². The van der Waals surface area contributed by atoms with Crippen LogP contribution in [0.25, 0.3) is 0 Å². The average Bonchev–Trinajstić information content (AvgIpc) is 2.80. The summed E-state index contributed by atoms with van der Waals surface area (Å²) in [5, 5.41) is 10.1. The highest BCUT2D eigenvalue weighted by molar-refractivity contribution is 7.92. The Balaban J connectivity index is 2.04. The summed E-state index contributed by atoms with van der Waals surface area (Å²) < 4.78 is 23.3. The standard InChI is InChI=1S/C13H23N5O2S/c1-10-11(8-16-17-10)7-15-12(14-4)18-5-6-21(19,20)13(2,3)9-18/h8H,5-7,9H2,1-4H3,(H,14,15)(H,16,17). The molecule has 1 aliphatic rings. The van der Waals surface area contributed by atoms with Crippen LogP contribution in [0.3, 0.4) is 0 Å². The van der Waals surface area contributed by atoms with Gasteiger partial charge in [-0.05, 0) is 20.8 Å². The molecule has 1 fully saturated rings. The lowest BCUT2D eigenvalue weighted by Crippen LogP contribution is -2.57. The lowest BCUT2D eigenvalue weighted by molar-refractivity contribution is 0.353. The number of sulfone groups is 1. The molecule has 1 aromatic heterocycles. The number of hydrogen-bond acceptors (Lipinski definition) is 4. The Bertz CT molecular complexity index is 633. The van der Waals surface area contributed by atoms with Crippen molar-refractivity contribution in [3.05, 3.63) is 17.5 Å². The minimum absolute atomic E-state index is 0.158. The molecular formula is C13H23N5O2S. The number of hydrogen-bond donors (Lipinski definition) is 2. The molecular weight excluding hydrogens is 290 g/mol. The first-order valence-electron chi connectivity index (χ1n) is 6.93. The van der Waals surface area contributed by atoms with E-state index in [1.54, 1.807) is 27.1 Å². The molecule has 7 nitrogen and oxygen atoms in total. The topological polar surface area (TPSA) is 90.4 Å². The first-order valence-corrected chi connectivity index (χ1v) is 8.59. The summed E-state index contributed by atoms with van der Waals surface area (Å²) >= 11 is 0. The van der Waals surface area contributed by atoms with E-state index in [9.17, 15) is 8.42 Å². The van der Waals surface area contributed by atoms with E-state index in [2.05, 4.69) is 20.5 Å². The molecule has 1 aliphatic heterocycles. The molecule has 1 aromatic rings. The van der Waals surface area contributed by atoms with E-state index in [0.29, 0.717) is 19.6 Å².